The molecule has 2 N–H and O–H groups in total. The Morgan fingerprint density at radius 2 is 2.00 bits per heavy atom. The van der Waals surface area contributed by atoms with E-state index in [4.69, 9.17) is 15.2 Å². The maximum absolute atomic E-state index is 13.8. The molecule has 0 aromatic heterocycles. The van der Waals surface area contributed by atoms with Gasteiger partial charge in [-0.1, -0.05) is 0 Å². The molecule has 2 aliphatic heterocycles. The van der Waals surface area contributed by atoms with Crippen LogP contribution in [0.2, 0.25) is 0 Å². The van der Waals surface area contributed by atoms with Crippen LogP contribution in [0, 0.1) is 11.6 Å². The molecule has 2 atom stereocenters. The molecule has 0 saturated carbocycles. The Kier molecular flexibility index (Phi) is 3.88. The number of nitrogen functional groups attached to an aromatic ring is 1. The van der Waals surface area contributed by atoms with Gasteiger partial charge < -0.3 is 15.2 Å². The largest absolute Gasteiger partial charge is 0.399 e. The third-order valence-corrected chi connectivity index (χ3v) is 5.18. The standard InChI is InChI=1S/C14H17F2NO2S/c15-11-5-9(17)6-12(16)13(11)20-10-1-3-19-14(7-10)2-4-18-8-14/h5-6,10H,1-4,7-8,17H2. The van der Waals surface area contributed by atoms with Crippen molar-refractivity contribution in [2.75, 3.05) is 25.6 Å². The summed E-state index contributed by atoms with van der Waals surface area (Å²) in [5, 5.41) is 0.137. The first-order chi connectivity index (χ1) is 9.58. The zero-order valence-electron chi connectivity index (χ0n) is 11.0. The first-order valence-corrected chi connectivity index (χ1v) is 7.59. The number of ether oxygens (including phenoxy) is 2. The Morgan fingerprint density at radius 1 is 1.25 bits per heavy atom. The lowest BCUT2D eigenvalue weighted by atomic mass is 9.93. The molecule has 2 fully saturated rings. The number of halogens is 2. The summed E-state index contributed by atoms with van der Waals surface area (Å²) in [7, 11) is 0. The molecule has 2 aliphatic rings. The highest BCUT2D eigenvalue weighted by molar-refractivity contribution is 8.00. The molecule has 1 aromatic carbocycles. The lowest BCUT2D eigenvalue weighted by Crippen LogP contribution is -2.41. The normalized spacial score (nSPS) is 30.0. The molecule has 3 nitrogen and oxygen atoms in total. The number of rotatable bonds is 2. The first kappa shape index (κ1) is 14.1. The van der Waals surface area contributed by atoms with Crippen molar-refractivity contribution >= 4 is 17.4 Å². The van der Waals surface area contributed by atoms with Crippen molar-refractivity contribution in [3.8, 4) is 0 Å². The lowest BCUT2D eigenvalue weighted by molar-refractivity contribution is -0.0769. The van der Waals surface area contributed by atoms with Crippen molar-refractivity contribution in [1.82, 2.24) is 0 Å². The summed E-state index contributed by atoms with van der Waals surface area (Å²) in [5.41, 5.74) is 5.29. The molecule has 0 aliphatic carbocycles. The molecule has 0 amide bonds. The molecule has 110 valence electrons. The second kappa shape index (κ2) is 5.50. The number of thioether (sulfide) groups is 1. The Balaban J connectivity index is 1.74. The van der Waals surface area contributed by atoms with Crippen LogP contribution in [-0.2, 0) is 9.47 Å². The van der Waals surface area contributed by atoms with Gasteiger partial charge in [0.1, 0.15) is 11.6 Å². The molecule has 0 radical (unpaired) electrons. The number of benzene rings is 1. The molecule has 2 saturated heterocycles. The Labute approximate surface area is 120 Å². The fraction of sp³-hybridized carbons (Fsp3) is 0.571. The number of hydrogen-bond donors (Lipinski definition) is 1. The van der Waals surface area contributed by atoms with Crippen molar-refractivity contribution in [3.05, 3.63) is 23.8 Å². The molecular formula is C14H17F2NO2S. The highest BCUT2D eigenvalue weighted by Crippen LogP contribution is 2.41. The van der Waals surface area contributed by atoms with Gasteiger partial charge in [0.05, 0.1) is 17.1 Å². The fourth-order valence-corrected chi connectivity index (χ4v) is 4.08. The van der Waals surface area contributed by atoms with Crippen LogP contribution in [0.5, 0.6) is 0 Å². The van der Waals surface area contributed by atoms with Crippen molar-refractivity contribution in [2.45, 2.75) is 35.0 Å². The quantitative estimate of drug-likeness (QED) is 0.853. The highest BCUT2D eigenvalue weighted by Gasteiger charge is 2.41. The van der Waals surface area contributed by atoms with E-state index in [9.17, 15) is 8.78 Å². The summed E-state index contributed by atoms with van der Waals surface area (Å²) >= 11 is 1.25. The van der Waals surface area contributed by atoms with Crippen LogP contribution in [-0.4, -0.2) is 30.7 Å². The van der Waals surface area contributed by atoms with E-state index in [1.54, 1.807) is 0 Å². The SMILES string of the molecule is Nc1cc(F)c(SC2CCOC3(CCOC3)C2)c(F)c1. The van der Waals surface area contributed by atoms with E-state index in [0.29, 0.717) is 19.8 Å². The molecular weight excluding hydrogens is 284 g/mol. The smallest absolute Gasteiger partial charge is 0.141 e. The average Bonchev–Trinajstić information content (AvgIpc) is 2.82. The second-order valence-electron chi connectivity index (χ2n) is 5.38. The lowest BCUT2D eigenvalue weighted by Gasteiger charge is -2.36. The van der Waals surface area contributed by atoms with Gasteiger partial charge in [0.15, 0.2) is 0 Å². The monoisotopic (exact) mass is 301 g/mol. The van der Waals surface area contributed by atoms with Gasteiger partial charge in [-0.3, -0.25) is 0 Å². The van der Waals surface area contributed by atoms with Crippen LogP contribution in [0.15, 0.2) is 17.0 Å². The van der Waals surface area contributed by atoms with Crippen LogP contribution in [0.1, 0.15) is 19.3 Å². The predicted molar refractivity (Wildman–Crippen MR) is 73.8 cm³/mol. The Bertz CT molecular complexity index is 483. The maximum Gasteiger partial charge on any atom is 0.141 e. The van der Waals surface area contributed by atoms with Gasteiger partial charge in [0.25, 0.3) is 0 Å². The van der Waals surface area contributed by atoms with Crippen LogP contribution in [0.25, 0.3) is 0 Å². The van der Waals surface area contributed by atoms with E-state index in [1.165, 1.54) is 23.9 Å². The minimum absolute atomic E-state index is 0.0557. The topological polar surface area (TPSA) is 44.5 Å². The molecule has 2 unspecified atom stereocenters. The van der Waals surface area contributed by atoms with E-state index in [2.05, 4.69) is 0 Å². The molecule has 3 rings (SSSR count). The van der Waals surface area contributed by atoms with Gasteiger partial charge in [-0.05, 0) is 25.0 Å². The predicted octanol–water partition coefficient (Wildman–Crippen LogP) is 2.98. The molecule has 20 heavy (non-hydrogen) atoms. The summed E-state index contributed by atoms with van der Waals surface area (Å²) in [6, 6.07) is 2.33. The van der Waals surface area contributed by atoms with Crippen LogP contribution >= 0.6 is 11.8 Å². The van der Waals surface area contributed by atoms with E-state index in [1.807, 2.05) is 0 Å². The minimum Gasteiger partial charge on any atom is -0.399 e. The van der Waals surface area contributed by atoms with Gasteiger partial charge in [0, 0.05) is 30.6 Å². The zero-order valence-corrected chi connectivity index (χ0v) is 11.8. The van der Waals surface area contributed by atoms with Gasteiger partial charge >= 0.3 is 0 Å². The Morgan fingerprint density at radius 3 is 2.65 bits per heavy atom. The van der Waals surface area contributed by atoms with Crippen molar-refractivity contribution in [3.63, 3.8) is 0 Å². The van der Waals surface area contributed by atoms with Gasteiger partial charge in [-0.15, -0.1) is 11.8 Å². The van der Waals surface area contributed by atoms with Crippen LogP contribution in [0.3, 0.4) is 0 Å². The average molecular weight is 301 g/mol. The Hall–Kier alpha value is -0.850. The second-order valence-corrected chi connectivity index (χ2v) is 6.69. The van der Waals surface area contributed by atoms with Crippen LogP contribution < -0.4 is 5.73 Å². The molecule has 0 bridgehead atoms. The molecule has 2 heterocycles. The summed E-state index contributed by atoms with van der Waals surface area (Å²) in [5.74, 6) is -1.17. The number of hydrogen-bond acceptors (Lipinski definition) is 4. The number of anilines is 1. The van der Waals surface area contributed by atoms with Gasteiger partial charge in [-0.2, -0.15) is 0 Å². The van der Waals surface area contributed by atoms with Crippen molar-refractivity contribution in [1.29, 1.82) is 0 Å². The molecule has 1 spiro atoms. The summed E-state index contributed by atoms with van der Waals surface area (Å²) in [6.07, 6.45) is 2.41. The third-order valence-electron chi connectivity index (χ3n) is 3.82. The van der Waals surface area contributed by atoms with Gasteiger partial charge in [0.2, 0.25) is 0 Å². The number of nitrogens with two attached hydrogens (primary N) is 1. The minimum atomic E-state index is -0.587. The fourth-order valence-electron chi connectivity index (χ4n) is 2.81. The third kappa shape index (κ3) is 2.77. The highest BCUT2D eigenvalue weighted by atomic mass is 32.2. The van der Waals surface area contributed by atoms with E-state index in [0.717, 1.165) is 19.3 Å². The summed E-state index contributed by atoms with van der Waals surface area (Å²) in [4.78, 5) is 0.0557. The maximum atomic E-state index is 13.8. The van der Waals surface area contributed by atoms with Crippen molar-refractivity contribution < 1.29 is 18.3 Å². The van der Waals surface area contributed by atoms with E-state index >= 15 is 0 Å². The molecule has 6 heteroatoms. The first-order valence-electron chi connectivity index (χ1n) is 6.71. The molecule has 1 aromatic rings. The summed E-state index contributed by atoms with van der Waals surface area (Å²) < 4.78 is 38.9. The van der Waals surface area contributed by atoms with E-state index in [-0.39, 0.29) is 21.4 Å². The van der Waals surface area contributed by atoms with Crippen LogP contribution in [0.4, 0.5) is 14.5 Å². The van der Waals surface area contributed by atoms with Gasteiger partial charge in [-0.25, -0.2) is 8.78 Å². The summed E-state index contributed by atoms with van der Waals surface area (Å²) in [6.45, 7) is 1.89. The zero-order chi connectivity index (χ0) is 14.2. The van der Waals surface area contributed by atoms with E-state index < -0.39 is 11.6 Å². The van der Waals surface area contributed by atoms with Crippen molar-refractivity contribution in [2.24, 2.45) is 0 Å².